The third-order valence-electron chi connectivity index (χ3n) is 4.81. The summed E-state index contributed by atoms with van der Waals surface area (Å²) in [5, 5.41) is 9.09. The molecule has 0 saturated heterocycles. The van der Waals surface area contributed by atoms with E-state index in [1.54, 1.807) is 18.2 Å². The Hall–Kier alpha value is -2.58. The molecule has 0 aliphatic carbocycles. The second-order valence-corrected chi connectivity index (χ2v) is 9.18. The first kappa shape index (κ1) is 24.1. The Balaban J connectivity index is 1.58. The summed E-state index contributed by atoms with van der Waals surface area (Å²) in [5.41, 5.74) is 2.98. The van der Waals surface area contributed by atoms with Gasteiger partial charge in [0, 0.05) is 17.6 Å². The number of benzene rings is 3. The van der Waals surface area contributed by atoms with Gasteiger partial charge in [0.15, 0.2) is 11.5 Å². The normalized spacial score (nSPS) is 11.3. The maximum atomic E-state index is 11.3. The third kappa shape index (κ3) is 6.97. The smallest absolute Gasteiger partial charge is 0.238 e. The number of ether oxygens (including phenoxy) is 2. The Kier molecular flexibility index (Phi) is 8.53. The zero-order valence-electron chi connectivity index (χ0n) is 17.9. The lowest BCUT2D eigenvalue weighted by Crippen LogP contribution is -2.17. The maximum absolute atomic E-state index is 11.3. The molecule has 0 bridgehead atoms. The zero-order valence-corrected chi connectivity index (χ0v) is 19.5. The van der Waals surface area contributed by atoms with E-state index < -0.39 is 10.0 Å². The minimum atomic E-state index is -3.67. The molecule has 0 aromatic heterocycles. The summed E-state index contributed by atoms with van der Waals surface area (Å²) < 4.78 is 34.4. The summed E-state index contributed by atoms with van der Waals surface area (Å²) in [4.78, 5) is 0.110. The van der Waals surface area contributed by atoms with Gasteiger partial charge in [-0.15, -0.1) is 0 Å². The molecule has 0 amide bonds. The zero-order chi connectivity index (χ0) is 23.0. The molecule has 0 radical (unpaired) electrons. The average molecular weight is 475 g/mol. The van der Waals surface area contributed by atoms with Gasteiger partial charge in [-0.05, 0) is 54.8 Å². The summed E-state index contributed by atoms with van der Waals surface area (Å²) in [7, 11) is -3.67. The Labute approximate surface area is 194 Å². The van der Waals surface area contributed by atoms with E-state index in [2.05, 4.69) is 5.32 Å². The van der Waals surface area contributed by atoms with Crippen LogP contribution in [-0.2, 0) is 29.6 Å². The lowest BCUT2D eigenvalue weighted by molar-refractivity contribution is 0.269. The van der Waals surface area contributed by atoms with E-state index in [0.29, 0.717) is 42.8 Å². The SMILES string of the molecule is CCOc1cc(CNCCc2ccc(S(N)(=O)=O)cc2)c(Cl)cc1OCc1ccccc1. The average Bonchev–Trinajstić information content (AvgIpc) is 2.78. The highest BCUT2D eigenvalue weighted by molar-refractivity contribution is 7.89. The third-order valence-corrected chi connectivity index (χ3v) is 6.09. The molecule has 32 heavy (non-hydrogen) atoms. The molecule has 0 unspecified atom stereocenters. The predicted octanol–water partition coefficient (Wildman–Crippen LogP) is 4.30. The maximum Gasteiger partial charge on any atom is 0.238 e. The number of sulfonamides is 1. The van der Waals surface area contributed by atoms with Crippen molar-refractivity contribution in [2.24, 2.45) is 5.14 Å². The summed E-state index contributed by atoms with van der Waals surface area (Å²) in [6.45, 7) is 4.13. The van der Waals surface area contributed by atoms with E-state index in [1.807, 2.05) is 43.3 Å². The van der Waals surface area contributed by atoms with E-state index >= 15 is 0 Å². The van der Waals surface area contributed by atoms with Crippen LogP contribution in [0.15, 0.2) is 71.6 Å². The Bertz CT molecular complexity index is 1120. The van der Waals surface area contributed by atoms with Gasteiger partial charge in [-0.3, -0.25) is 0 Å². The summed E-state index contributed by atoms with van der Waals surface area (Å²) >= 11 is 6.50. The number of rotatable bonds is 11. The molecule has 170 valence electrons. The molecular weight excluding hydrogens is 448 g/mol. The summed E-state index contributed by atoms with van der Waals surface area (Å²) in [6.07, 6.45) is 0.735. The molecule has 6 nitrogen and oxygen atoms in total. The number of hydrogen-bond donors (Lipinski definition) is 2. The molecule has 3 aromatic carbocycles. The van der Waals surface area contributed by atoms with Crippen LogP contribution in [0.3, 0.4) is 0 Å². The highest BCUT2D eigenvalue weighted by Crippen LogP contribution is 2.34. The minimum absolute atomic E-state index is 0.110. The van der Waals surface area contributed by atoms with Gasteiger partial charge in [0.05, 0.1) is 11.5 Å². The fraction of sp³-hybridized carbons (Fsp3) is 0.250. The molecule has 0 saturated carbocycles. The highest BCUT2D eigenvalue weighted by Gasteiger charge is 2.12. The van der Waals surface area contributed by atoms with Crippen LogP contribution in [0, 0.1) is 0 Å². The van der Waals surface area contributed by atoms with Crippen molar-refractivity contribution >= 4 is 21.6 Å². The van der Waals surface area contributed by atoms with Crippen LogP contribution in [0.5, 0.6) is 11.5 Å². The first-order valence-electron chi connectivity index (χ1n) is 10.3. The lowest BCUT2D eigenvalue weighted by Gasteiger charge is -2.15. The topological polar surface area (TPSA) is 90.6 Å². The van der Waals surface area contributed by atoms with Crippen molar-refractivity contribution < 1.29 is 17.9 Å². The minimum Gasteiger partial charge on any atom is -0.490 e. The quantitative estimate of drug-likeness (QED) is 0.404. The molecule has 0 spiro atoms. The molecule has 0 fully saturated rings. The van der Waals surface area contributed by atoms with Crippen molar-refractivity contribution in [3.63, 3.8) is 0 Å². The molecule has 0 heterocycles. The largest absolute Gasteiger partial charge is 0.490 e. The van der Waals surface area contributed by atoms with Gasteiger partial charge in [0.1, 0.15) is 6.61 Å². The van der Waals surface area contributed by atoms with E-state index in [-0.39, 0.29) is 4.90 Å². The fourth-order valence-electron chi connectivity index (χ4n) is 3.13. The van der Waals surface area contributed by atoms with Gasteiger partial charge in [-0.1, -0.05) is 54.1 Å². The van der Waals surface area contributed by atoms with Gasteiger partial charge in [-0.25, -0.2) is 13.6 Å². The Morgan fingerprint density at radius 1 is 0.938 bits per heavy atom. The monoisotopic (exact) mass is 474 g/mol. The predicted molar refractivity (Wildman–Crippen MR) is 127 cm³/mol. The number of nitrogens with one attached hydrogen (secondary N) is 1. The van der Waals surface area contributed by atoms with Crippen LogP contribution in [0.2, 0.25) is 5.02 Å². The van der Waals surface area contributed by atoms with E-state index in [9.17, 15) is 8.42 Å². The standard InChI is InChI=1S/C24H27ClN2O4S/c1-2-30-23-14-20(22(25)15-24(23)31-17-19-6-4-3-5-7-19)16-27-13-12-18-8-10-21(11-9-18)32(26,28)29/h3-11,14-15,27H,2,12-13,16-17H2,1H3,(H2,26,28,29). The van der Waals surface area contributed by atoms with Gasteiger partial charge >= 0.3 is 0 Å². The van der Waals surface area contributed by atoms with Crippen molar-refractivity contribution in [3.8, 4) is 11.5 Å². The van der Waals surface area contributed by atoms with Crippen molar-refractivity contribution in [2.45, 2.75) is 31.4 Å². The number of halogens is 1. The van der Waals surface area contributed by atoms with Crippen LogP contribution in [-0.4, -0.2) is 21.6 Å². The van der Waals surface area contributed by atoms with E-state index in [1.165, 1.54) is 12.1 Å². The van der Waals surface area contributed by atoms with E-state index in [4.69, 9.17) is 26.2 Å². The molecule has 0 aliphatic heterocycles. The molecule has 0 atom stereocenters. The summed E-state index contributed by atoms with van der Waals surface area (Å²) in [6, 6.07) is 20.2. The van der Waals surface area contributed by atoms with Crippen LogP contribution in [0.25, 0.3) is 0 Å². The highest BCUT2D eigenvalue weighted by atomic mass is 35.5. The molecule has 0 aliphatic rings. The second kappa shape index (κ2) is 11.3. The molecule has 3 rings (SSSR count). The van der Waals surface area contributed by atoms with Crippen LogP contribution in [0.1, 0.15) is 23.6 Å². The first-order valence-corrected chi connectivity index (χ1v) is 12.2. The van der Waals surface area contributed by atoms with Crippen LogP contribution in [0.4, 0.5) is 0 Å². The van der Waals surface area contributed by atoms with Gasteiger partial charge in [0.25, 0.3) is 0 Å². The van der Waals surface area contributed by atoms with Crippen molar-refractivity contribution in [1.29, 1.82) is 0 Å². The second-order valence-electron chi connectivity index (χ2n) is 7.21. The lowest BCUT2D eigenvalue weighted by atomic mass is 10.1. The van der Waals surface area contributed by atoms with Gasteiger partial charge in [-0.2, -0.15) is 0 Å². The van der Waals surface area contributed by atoms with Crippen LogP contribution >= 0.6 is 11.6 Å². The summed E-state index contributed by atoms with van der Waals surface area (Å²) in [5.74, 6) is 1.27. The Morgan fingerprint density at radius 2 is 1.62 bits per heavy atom. The van der Waals surface area contributed by atoms with Crippen LogP contribution < -0.4 is 19.9 Å². The molecule has 3 aromatic rings. The van der Waals surface area contributed by atoms with Crippen molar-refractivity contribution in [2.75, 3.05) is 13.2 Å². The first-order chi connectivity index (χ1) is 15.4. The van der Waals surface area contributed by atoms with Crippen molar-refractivity contribution in [3.05, 3.63) is 88.4 Å². The van der Waals surface area contributed by atoms with Gasteiger partial charge < -0.3 is 14.8 Å². The number of nitrogens with two attached hydrogens (primary N) is 1. The number of primary sulfonamides is 1. The van der Waals surface area contributed by atoms with Gasteiger partial charge in [0.2, 0.25) is 10.0 Å². The molecule has 3 N–H and O–H groups in total. The van der Waals surface area contributed by atoms with Crippen molar-refractivity contribution in [1.82, 2.24) is 5.32 Å². The fourth-order valence-corrected chi connectivity index (χ4v) is 3.87. The molecular formula is C24H27ClN2O4S. The van der Waals surface area contributed by atoms with E-state index in [0.717, 1.165) is 23.1 Å². The molecule has 8 heteroatoms. The number of hydrogen-bond acceptors (Lipinski definition) is 5. The Morgan fingerprint density at radius 3 is 2.28 bits per heavy atom.